The molecule has 0 saturated carbocycles. The Morgan fingerprint density at radius 3 is 2.00 bits per heavy atom. The highest BCUT2D eigenvalue weighted by atomic mass is 16.4. The number of hydrogen-bond acceptors (Lipinski definition) is 3. The maximum absolute atomic E-state index is 12.1. The van der Waals surface area contributed by atoms with Gasteiger partial charge < -0.3 is 5.11 Å². The summed E-state index contributed by atoms with van der Waals surface area (Å²) in [6, 6.07) is 0. The Labute approximate surface area is 126 Å². The monoisotopic (exact) mass is 297 g/mol. The molecule has 0 spiro atoms. The molecule has 5 nitrogen and oxygen atoms in total. The van der Waals surface area contributed by atoms with Crippen molar-refractivity contribution in [2.45, 2.75) is 53.9 Å². The maximum Gasteiger partial charge on any atom is 0.303 e. The normalized spacial score (nSPS) is 24.5. The van der Waals surface area contributed by atoms with Crippen LogP contribution in [-0.2, 0) is 14.4 Å². The number of hydrogen-bond donors (Lipinski definition) is 1. The summed E-state index contributed by atoms with van der Waals surface area (Å²) < 4.78 is 0. The van der Waals surface area contributed by atoms with Gasteiger partial charge in [-0.2, -0.15) is 0 Å². The first-order valence-corrected chi connectivity index (χ1v) is 7.62. The van der Waals surface area contributed by atoms with Gasteiger partial charge in [-0.1, -0.05) is 34.6 Å². The molecule has 1 fully saturated rings. The van der Waals surface area contributed by atoms with Crippen molar-refractivity contribution in [1.29, 1.82) is 0 Å². The number of carbonyl (C=O) groups excluding carboxylic acids is 2. The summed E-state index contributed by atoms with van der Waals surface area (Å²) in [6.07, 6.45) is 1.35. The van der Waals surface area contributed by atoms with Crippen molar-refractivity contribution < 1.29 is 19.5 Å². The van der Waals surface area contributed by atoms with E-state index in [9.17, 15) is 14.4 Å². The molecule has 1 aliphatic heterocycles. The Morgan fingerprint density at radius 1 is 1.14 bits per heavy atom. The molecule has 1 heterocycles. The fourth-order valence-corrected chi connectivity index (χ4v) is 2.84. The summed E-state index contributed by atoms with van der Waals surface area (Å²) in [7, 11) is 0. The van der Waals surface area contributed by atoms with Gasteiger partial charge in [0.2, 0.25) is 11.8 Å². The Kier molecular flexibility index (Phi) is 5.54. The SMILES string of the molecule is CC1C(=O)N(CCC(CCC(=O)O)C(C)(C)C)C(=O)C1C. The summed E-state index contributed by atoms with van der Waals surface area (Å²) in [5.41, 5.74) is -0.0432. The van der Waals surface area contributed by atoms with E-state index in [1.807, 2.05) is 0 Å². The Hall–Kier alpha value is -1.39. The summed E-state index contributed by atoms with van der Waals surface area (Å²) in [5, 5.41) is 8.84. The predicted molar refractivity (Wildman–Crippen MR) is 79.5 cm³/mol. The molecule has 120 valence electrons. The van der Waals surface area contributed by atoms with Crippen molar-refractivity contribution >= 4 is 17.8 Å². The van der Waals surface area contributed by atoms with E-state index in [4.69, 9.17) is 5.11 Å². The van der Waals surface area contributed by atoms with Crippen LogP contribution < -0.4 is 0 Å². The number of carbonyl (C=O) groups is 3. The topological polar surface area (TPSA) is 74.7 Å². The minimum atomic E-state index is -0.806. The van der Waals surface area contributed by atoms with Gasteiger partial charge in [-0.25, -0.2) is 0 Å². The van der Waals surface area contributed by atoms with E-state index >= 15 is 0 Å². The minimum Gasteiger partial charge on any atom is -0.481 e. The number of carboxylic acids is 1. The summed E-state index contributed by atoms with van der Waals surface area (Å²) >= 11 is 0. The Morgan fingerprint density at radius 2 is 1.62 bits per heavy atom. The molecule has 0 aromatic heterocycles. The summed E-state index contributed by atoms with van der Waals surface area (Å²) in [6.45, 7) is 10.2. The van der Waals surface area contributed by atoms with Crippen molar-refractivity contribution in [3.05, 3.63) is 0 Å². The summed E-state index contributed by atoms with van der Waals surface area (Å²) in [5.74, 6) is -1.33. The highest BCUT2D eigenvalue weighted by molar-refractivity contribution is 6.04. The molecule has 2 amide bonds. The second kappa shape index (κ2) is 6.58. The van der Waals surface area contributed by atoms with Gasteiger partial charge in [-0.05, 0) is 24.2 Å². The molecule has 0 radical (unpaired) electrons. The second-order valence-electron chi connectivity index (χ2n) is 7.19. The van der Waals surface area contributed by atoms with Crippen molar-refractivity contribution in [3.8, 4) is 0 Å². The van der Waals surface area contributed by atoms with Crippen molar-refractivity contribution in [3.63, 3.8) is 0 Å². The number of aliphatic carboxylic acids is 1. The van der Waals surface area contributed by atoms with Gasteiger partial charge in [-0.15, -0.1) is 0 Å². The van der Waals surface area contributed by atoms with Crippen molar-refractivity contribution in [2.75, 3.05) is 6.54 Å². The quantitative estimate of drug-likeness (QED) is 0.764. The predicted octanol–water partition coefficient (Wildman–Crippen LogP) is 2.54. The van der Waals surface area contributed by atoms with Crippen molar-refractivity contribution in [2.24, 2.45) is 23.2 Å². The van der Waals surface area contributed by atoms with Gasteiger partial charge in [0.25, 0.3) is 0 Å². The molecule has 0 aliphatic carbocycles. The first-order valence-electron chi connectivity index (χ1n) is 7.62. The molecule has 5 heteroatoms. The summed E-state index contributed by atoms with van der Waals surface area (Å²) in [4.78, 5) is 36.2. The van der Waals surface area contributed by atoms with E-state index in [2.05, 4.69) is 20.8 Å². The molecule has 3 unspecified atom stereocenters. The van der Waals surface area contributed by atoms with Crippen LogP contribution >= 0.6 is 0 Å². The van der Waals surface area contributed by atoms with Gasteiger partial charge in [0.1, 0.15) is 0 Å². The van der Waals surface area contributed by atoms with Crippen LogP contribution in [0.3, 0.4) is 0 Å². The third kappa shape index (κ3) is 4.29. The van der Waals surface area contributed by atoms with E-state index in [0.717, 1.165) is 0 Å². The maximum atomic E-state index is 12.1. The van der Waals surface area contributed by atoms with Gasteiger partial charge in [0.05, 0.1) is 0 Å². The van der Waals surface area contributed by atoms with Crippen LogP contribution in [0, 0.1) is 23.2 Å². The molecule has 1 saturated heterocycles. The van der Waals surface area contributed by atoms with Gasteiger partial charge in [-0.3, -0.25) is 19.3 Å². The fraction of sp³-hybridized carbons (Fsp3) is 0.812. The molecule has 1 aliphatic rings. The van der Waals surface area contributed by atoms with Gasteiger partial charge in [0.15, 0.2) is 0 Å². The lowest BCUT2D eigenvalue weighted by Crippen LogP contribution is -2.34. The van der Waals surface area contributed by atoms with Crippen LogP contribution in [0.4, 0.5) is 0 Å². The van der Waals surface area contributed by atoms with Crippen LogP contribution in [0.15, 0.2) is 0 Å². The Balaban J connectivity index is 2.67. The van der Waals surface area contributed by atoms with E-state index in [1.54, 1.807) is 13.8 Å². The lowest BCUT2D eigenvalue weighted by Gasteiger charge is -2.31. The molecule has 3 atom stereocenters. The fourth-order valence-electron chi connectivity index (χ4n) is 2.84. The first kappa shape index (κ1) is 17.7. The van der Waals surface area contributed by atoms with Crippen LogP contribution in [0.2, 0.25) is 0 Å². The van der Waals surface area contributed by atoms with Gasteiger partial charge >= 0.3 is 5.97 Å². The largest absolute Gasteiger partial charge is 0.481 e. The number of amides is 2. The van der Waals surface area contributed by atoms with E-state index in [-0.39, 0.29) is 41.4 Å². The number of likely N-dealkylation sites (tertiary alicyclic amines) is 1. The first-order chi connectivity index (χ1) is 9.55. The zero-order valence-electron chi connectivity index (χ0n) is 13.7. The zero-order valence-corrected chi connectivity index (χ0v) is 13.7. The lowest BCUT2D eigenvalue weighted by atomic mass is 9.76. The van der Waals surface area contributed by atoms with Crippen LogP contribution in [0.1, 0.15) is 53.9 Å². The van der Waals surface area contributed by atoms with Crippen LogP contribution in [0.25, 0.3) is 0 Å². The average Bonchev–Trinajstić information content (AvgIpc) is 2.53. The molecule has 0 bridgehead atoms. The Bertz CT molecular complexity index is 404. The zero-order chi connectivity index (χ0) is 16.4. The molecule has 21 heavy (non-hydrogen) atoms. The van der Waals surface area contributed by atoms with Crippen molar-refractivity contribution in [1.82, 2.24) is 4.90 Å². The molecule has 0 aromatic rings. The number of carboxylic acid groups (broad SMARTS) is 1. The highest BCUT2D eigenvalue weighted by Crippen LogP contribution is 2.34. The number of rotatable bonds is 6. The minimum absolute atomic E-state index is 0.0432. The molecular weight excluding hydrogens is 270 g/mol. The number of nitrogens with zero attached hydrogens (tertiary/aromatic N) is 1. The average molecular weight is 297 g/mol. The molecule has 1 N–H and O–H groups in total. The van der Waals surface area contributed by atoms with E-state index in [1.165, 1.54) is 4.90 Å². The molecular formula is C16H27NO4. The number of imide groups is 1. The third-order valence-electron chi connectivity index (χ3n) is 4.69. The van der Waals surface area contributed by atoms with E-state index < -0.39 is 5.97 Å². The smallest absolute Gasteiger partial charge is 0.303 e. The highest BCUT2D eigenvalue weighted by Gasteiger charge is 2.42. The molecule has 1 rings (SSSR count). The third-order valence-corrected chi connectivity index (χ3v) is 4.69. The van der Waals surface area contributed by atoms with E-state index in [0.29, 0.717) is 19.4 Å². The lowest BCUT2D eigenvalue weighted by molar-refractivity contribution is -0.141. The molecule has 0 aromatic carbocycles. The van der Waals surface area contributed by atoms with Gasteiger partial charge in [0, 0.05) is 24.8 Å². The van der Waals surface area contributed by atoms with Crippen LogP contribution in [-0.4, -0.2) is 34.3 Å². The van der Waals surface area contributed by atoms with Crippen LogP contribution in [0.5, 0.6) is 0 Å². The second-order valence-corrected chi connectivity index (χ2v) is 7.19. The standard InChI is InChI=1S/C16H27NO4/c1-10-11(2)15(21)17(14(10)20)9-8-12(16(3,4)5)6-7-13(18)19/h10-12H,6-9H2,1-5H3,(H,18,19).